The molecule has 0 saturated heterocycles. The summed E-state index contributed by atoms with van der Waals surface area (Å²) in [5.41, 5.74) is 1.11. The molecule has 1 aromatic rings. The van der Waals surface area contributed by atoms with E-state index in [2.05, 4.69) is 10.4 Å². The molecule has 6 nitrogen and oxygen atoms in total. The number of rotatable bonds is 10. The number of hydrogen-bond acceptors (Lipinski definition) is 5. The third-order valence-electron chi connectivity index (χ3n) is 2.20. The third kappa shape index (κ3) is 6.38. The van der Waals surface area contributed by atoms with Gasteiger partial charge in [-0.15, -0.1) is 0 Å². The van der Waals surface area contributed by atoms with Crippen molar-refractivity contribution < 1.29 is 14.6 Å². The minimum Gasteiger partial charge on any atom is -0.394 e. The van der Waals surface area contributed by atoms with Crippen molar-refractivity contribution in [2.24, 2.45) is 0 Å². The lowest BCUT2D eigenvalue weighted by molar-refractivity contribution is 0.0719. The van der Waals surface area contributed by atoms with Gasteiger partial charge in [0.15, 0.2) is 0 Å². The molecule has 0 saturated carbocycles. The number of hydrogen-bond donors (Lipinski definition) is 2. The number of ether oxygens (including phenoxy) is 2. The predicted molar refractivity (Wildman–Crippen MR) is 63.7 cm³/mol. The van der Waals surface area contributed by atoms with Gasteiger partial charge < -0.3 is 19.9 Å². The topological polar surface area (TPSA) is 68.5 Å². The van der Waals surface area contributed by atoms with Crippen LogP contribution in [-0.2, 0) is 22.6 Å². The first-order chi connectivity index (χ1) is 8.36. The normalized spacial score (nSPS) is 10.9. The first-order valence-electron chi connectivity index (χ1n) is 5.76. The predicted octanol–water partition coefficient (Wildman–Crippen LogP) is -0.372. The van der Waals surface area contributed by atoms with E-state index in [1.807, 2.05) is 6.20 Å². The first kappa shape index (κ1) is 14.1. The van der Waals surface area contributed by atoms with E-state index in [1.165, 1.54) is 0 Å². The van der Waals surface area contributed by atoms with Crippen molar-refractivity contribution in [2.45, 2.75) is 13.1 Å². The van der Waals surface area contributed by atoms with E-state index in [1.54, 1.807) is 18.0 Å². The Kier molecular flexibility index (Phi) is 7.57. The second-order valence-corrected chi connectivity index (χ2v) is 3.62. The number of aliphatic hydroxyl groups is 1. The van der Waals surface area contributed by atoms with E-state index in [-0.39, 0.29) is 6.61 Å². The van der Waals surface area contributed by atoms with Crippen molar-refractivity contribution in [1.29, 1.82) is 0 Å². The van der Waals surface area contributed by atoms with Crippen LogP contribution in [-0.4, -0.2) is 55.0 Å². The number of aliphatic hydroxyl groups excluding tert-OH is 1. The van der Waals surface area contributed by atoms with E-state index in [0.29, 0.717) is 26.4 Å². The molecule has 1 heterocycles. The molecule has 0 amide bonds. The molecule has 0 unspecified atom stereocenters. The van der Waals surface area contributed by atoms with Gasteiger partial charge in [0.05, 0.1) is 39.2 Å². The van der Waals surface area contributed by atoms with Gasteiger partial charge in [0.2, 0.25) is 0 Å². The zero-order valence-corrected chi connectivity index (χ0v) is 10.3. The summed E-state index contributed by atoms with van der Waals surface area (Å²) in [7, 11) is 1.66. The molecule has 0 radical (unpaired) electrons. The van der Waals surface area contributed by atoms with Crippen molar-refractivity contribution in [3.05, 3.63) is 18.0 Å². The summed E-state index contributed by atoms with van der Waals surface area (Å²) in [4.78, 5) is 0. The minimum absolute atomic E-state index is 0.113. The van der Waals surface area contributed by atoms with Gasteiger partial charge in [-0.3, -0.25) is 4.68 Å². The summed E-state index contributed by atoms with van der Waals surface area (Å²) in [5, 5.41) is 16.1. The summed E-state index contributed by atoms with van der Waals surface area (Å²) < 4.78 is 11.9. The van der Waals surface area contributed by atoms with E-state index in [4.69, 9.17) is 14.6 Å². The fourth-order valence-corrected chi connectivity index (χ4v) is 1.34. The van der Waals surface area contributed by atoms with Crippen LogP contribution in [0, 0.1) is 0 Å². The summed E-state index contributed by atoms with van der Waals surface area (Å²) in [5.74, 6) is 0. The fourth-order valence-electron chi connectivity index (χ4n) is 1.34. The molecule has 17 heavy (non-hydrogen) atoms. The van der Waals surface area contributed by atoms with Crippen LogP contribution in [0.3, 0.4) is 0 Å². The molecule has 0 bridgehead atoms. The lowest BCUT2D eigenvalue weighted by Gasteiger charge is -2.04. The van der Waals surface area contributed by atoms with Gasteiger partial charge in [0.25, 0.3) is 0 Å². The standard InChI is InChI=1S/C11H21N3O3/c1-16-6-7-17-5-2-12-8-11-9-13-14(10-11)3-4-15/h9-10,12,15H,2-8H2,1H3. The number of nitrogens with one attached hydrogen (secondary N) is 1. The Hall–Kier alpha value is -0.950. The summed E-state index contributed by atoms with van der Waals surface area (Å²) >= 11 is 0. The van der Waals surface area contributed by atoms with Gasteiger partial charge in [0, 0.05) is 32.0 Å². The van der Waals surface area contributed by atoms with Crippen LogP contribution >= 0.6 is 0 Å². The maximum absolute atomic E-state index is 8.74. The van der Waals surface area contributed by atoms with Crippen molar-refractivity contribution in [3.63, 3.8) is 0 Å². The Labute approximate surface area is 102 Å². The lowest BCUT2D eigenvalue weighted by atomic mass is 10.3. The maximum atomic E-state index is 8.74. The van der Waals surface area contributed by atoms with E-state index >= 15 is 0 Å². The molecule has 98 valence electrons. The average molecular weight is 243 g/mol. The molecule has 1 aromatic heterocycles. The smallest absolute Gasteiger partial charge is 0.0700 e. The zero-order valence-electron chi connectivity index (χ0n) is 10.3. The molecule has 0 fully saturated rings. The van der Waals surface area contributed by atoms with Crippen LogP contribution in [0.25, 0.3) is 0 Å². The Bertz CT molecular complexity index is 291. The minimum atomic E-state index is 0.113. The fraction of sp³-hybridized carbons (Fsp3) is 0.727. The zero-order chi connectivity index (χ0) is 12.3. The summed E-state index contributed by atoms with van der Waals surface area (Å²) in [6.07, 6.45) is 3.73. The molecular weight excluding hydrogens is 222 g/mol. The molecule has 1 rings (SSSR count). The number of nitrogens with zero attached hydrogens (tertiary/aromatic N) is 2. The third-order valence-corrected chi connectivity index (χ3v) is 2.20. The maximum Gasteiger partial charge on any atom is 0.0700 e. The highest BCUT2D eigenvalue weighted by atomic mass is 16.5. The second-order valence-electron chi connectivity index (χ2n) is 3.62. The molecule has 0 atom stereocenters. The quantitative estimate of drug-likeness (QED) is 0.549. The van der Waals surface area contributed by atoms with Crippen LogP contribution in [0.2, 0.25) is 0 Å². The van der Waals surface area contributed by atoms with Gasteiger partial charge in [-0.25, -0.2) is 0 Å². The van der Waals surface area contributed by atoms with Crippen molar-refractivity contribution in [1.82, 2.24) is 15.1 Å². The molecule has 0 aliphatic carbocycles. The Balaban J connectivity index is 2.01. The van der Waals surface area contributed by atoms with E-state index in [0.717, 1.165) is 18.7 Å². The molecule has 0 aliphatic rings. The van der Waals surface area contributed by atoms with Gasteiger partial charge in [-0.1, -0.05) is 0 Å². The molecule has 6 heteroatoms. The molecule has 0 aliphatic heterocycles. The summed E-state index contributed by atoms with van der Waals surface area (Å²) in [6.45, 7) is 4.16. The van der Waals surface area contributed by atoms with Crippen molar-refractivity contribution in [2.75, 3.05) is 40.1 Å². The van der Waals surface area contributed by atoms with Crippen LogP contribution in [0.4, 0.5) is 0 Å². The van der Waals surface area contributed by atoms with Gasteiger partial charge >= 0.3 is 0 Å². The first-order valence-corrected chi connectivity index (χ1v) is 5.76. The SMILES string of the molecule is COCCOCCNCc1cnn(CCO)c1. The molecular formula is C11H21N3O3. The average Bonchev–Trinajstić information content (AvgIpc) is 2.76. The van der Waals surface area contributed by atoms with E-state index < -0.39 is 0 Å². The highest BCUT2D eigenvalue weighted by Gasteiger charge is 1.97. The lowest BCUT2D eigenvalue weighted by Crippen LogP contribution is -2.20. The number of methoxy groups -OCH3 is 1. The highest BCUT2D eigenvalue weighted by Crippen LogP contribution is 1.96. The van der Waals surface area contributed by atoms with Crippen LogP contribution < -0.4 is 5.32 Å². The van der Waals surface area contributed by atoms with Gasteiger partial charge in [-0.2, -0.15) is 5.10 Å². The molecule has 2 N–H and O–H groups in total. The molecule has 0 spiro atoms. The highest BCUT2D eigenvalue weighted by molar-refractivity contribution is 5.03. The molecule has 0 aromatic carbocycles. The van der Waals surface area contributed by atoms with Gasteiger partial charge in [0.1, 0.15) is 0 Å². The van der Waals surface area contributed by atoms with Crippen LogP contribution in [0.5, 0.6) is 0 Å². The summed E-state index contributed by atoms with van der Waals surface area (Å²) in [6, 6.07) is 0. The largest absolute Gasteiger partial charge is 0.394 e. The van der Waals surface area contributed by atoms with Crippen LogP contribution in [0.15, 0.2) is 12.4 Å². The van der Waals surface area contributed by atoms with E-state index in [9.17, 15) is 0 Å². The number of aromatic nitrogens is 2. The Morgan fingerprint density at radius 2 is 2.29 bits per heavy atom. The van der Waals surface area contributed by atoms with Crippen molar-refractivity contribution in [3.8, 4) is 0 Å². The Morgan fingerprint density at radius 1 is 1.41 bits per heavy atom. The monoisotopic (exact) mass is 243 g/mol. The van der Waals surface area contributed by atoms with Crippen molar-refractivity contribution >= 4 is 0 Å². The van der Waals surface area contributed by atoms with Gasteiger partial charge in [-0.05, 0) is 0 Å². The van der Waals surface area contributed by atoms with Crippen LogP contribution in [0.1, 0.15) is 5.56 Å². The second kappa shape index (κ2) is 9.12. The Morgan fingerprint density at radius 3 is 3.06 bits per heavy atom.